The summed E-state index contributed by atoms with van der Waals surface area (Å²) in [5, 5.41) is 2.96. The molecule has 2 nitrogen and oxygen atoms in total. The average molecular weight is 291 g/mol. The Morgan fingerprint density at radius 2 is 1.63 bits per heavy atom. The first-order valence-electron chi connectivity index (χ1n) is 6.19. The highest BCUT2D eigenvalue weighted by Crippen LogP contribution is 2.53. The van der Waals surface area contributed by atoms with Crippen LogP contribution in [-0.2, 0) is 4.18 Å². The molecule has 0 radical (unpaired) electrons. The van der Waals surface area contributed by atoms with Crippen LogP contribution in [0.4, 0.5) is 14.5 Å². The third-order valence-corrected chi connectivity index (χ3v) is 6.85. The van der Waals surface area contributed by atoms with Crippen LogP contribution < -0.4 is 5.32 Å². The number of benzene rings is 1. The largest absolute Gasteiger partial charge is 0.383 e. The van der Waals surface area contributed by atoms with Gasteiger partial charge in [0.05, 0.1) is 6.61 Å². The fraction of sp³-hybridized carbons (Fsp3) is 0.571. The summed E-state index contributed by atoms with van der Waals surface area (Å²) in [6.07, 6.45) is 4.24. The van der Waals surface area contributed by atoms with Crippen LogP contribution in [0.2, 0.25) is 0 Å². The molecule has 0 amide bonds. The number of halogens is 2. The van der Waals surface area contributed by atoms with Crippen molar-refractivity contribution in [3.05, 3.63) is 29.8 Å². The molecule has 0 aromatic heterocycles. The minimum absolute atomic E-state index is 0.109. The minimum Gasteiger partial charge on any atom is -0.383 e. The Bertz CT molecular complexity index is 410. The van der Waals surface area contributed by atoms with Crippen molar-refractivity contribution >= 4 is 16.0 Å². The molecule has 5 heteroatoms. The maximum absolute atomic E-state index is 13.0. The van der Waals surface area contributed by atoms with Crippen LogP contribution in [0.1, 0.15) is 20.8 Å². The Balaban J connectivity index is 2.43. The van der Waals surface area contributed by atoms with Gasteiger partial charge in [0.15, 0.2) is 0 Å². The Kier molecular flexibility index (Phi) is 5.21. The maximum Gasteiger partial charge on any atom is 0.128 e. The summed E-state index contributed by atoms with van der Waals surface area (Å²) < 4.78 is 32.0. The van der Waals surface area contributed by atoms with Crippen LogP contribution >= 0.6 is 10.3 Å². The SMILES string of the molecule is CC(C)(C)S(C)(C)OCCNc1cc(F)cc(F)c1. The lowest BCUT2D eigenvalue weighted by Crippen LogP contribution is -2.26. The summed E-state index contributed by atoms with van der Waals surface area (Å²) in [6, 6.07) is 3.39. The molecule has 1 aromatic carbocycles. The number of hydrogen-bond donors (Lipinski definition) is 1. The van der Waals surface area contributed by atoms with E-state index in [4.69, 9.17) is 4.18 Å². The van der Waals surface area contributed by atoms with E-state index < -0.39 is 21.9 Å². The lowest BCUT2D eigenvalue weighted by molar-refractivity contribution is 0.366. The lowest BCUT2D eigenvalue weighted by Gasteiger charge is -2.43. The van der Waals surface area contributed by atoms with Crippen LogP contribution in [-0.4, -0.2) is 30.4 Å². The molecule has 1 aromatic rings. The van der Waals surface area contributed by atoms with Gasteiger partial charge in [-0.15, -0.1) is 10.3 Å². The maximum atomic E-state index is 13.0. The van der Waals surface area contributed by atoms with Gasteiger partial charge in [0.25, 0.3) is 0 Å². The van der Waals surface area contributed by atoms with Gasteiger partial charge in [-0.2, -0.15) is 0 Å². The van der Waals surface area contributed by atoms with Crippen molar-refractivity contribution in [2.45, 2.75) is 25.5 Å². The van der Waals surface area contributed by atoms with Gasteiger partial charge < -0.3 is 9.50 Å². The second-order valence-electron chi connectivity index (χ2n) is 5.75. The predicted molar refractivity (Wildman–Crippen MR) is 80.0 cm³/mol. The standard InChI is InChI=1S/C14H23F2NOS/c1-14(2,3)19(4,5)18-7-6-17-13-9-11(15)8-12(16)10-13/h8-10,17H,6-7H2,1-5H3. The third-order valence-electron chi connectivity index (χ3n) is 3.15. The Morgan fingerprint density at radius 3 is 2.11 bits per heavy atom. The van der Waals surface area contributed by atoms with Crippen molar-refractivity contribution < 1.29 is 13.0 Å². The van der Waals surface area contributed by atoms with E-state index in [1.165, 1.54) is 12.1 Å². The van der Waals surface area contributed by atoms with Crippen molar-refractivity contribution in [2.24, 2.45) is 0 Å². The Labute approximate surface area is 116 Å². The molecule has 0 saturated carbocycles. The van der Waals surface area contributed by atoms with Gasteiger partial charge in [0, 0.05) is 23.0 Å². The predicted octanol–water partition coefficient (Wildman–Crippen LogP) is 4.17. The summed E-state index contributed by atoms with van der Waals surface area (Å²) in [5.74, 6) is -1.16. The molecule has 0 aliphatic rings. The molecule has 0 atom stereocenters. The van der Waals surface area contributed by atoms with Gasteiger partial charge in [-0.3, -0.25) is 0 Å². The molecule has 0 saturated heterocycles. The highest BCUT2D eigenvalue weighted by Gasteiger charge is 2.28. The molecule has 0 heterocycles. The van der Waals surface area contributed by atoms with Gasteiger partial charge in [0.1, 0.15) is 11.6 Å². The first-order chi connectivity index (χ1) is 8.62. The Morgan fingerprint density at radius 1 is 1.11 bits per heavy atom. The number of nitrogens with one attached hydrogen (secondary N) is 1. The van der Waals surface area contributed by atoms with E-state index in [0.717, 1.165) is 6.07 Å². The molecule has 0 unspecified atom stereocenters. The molecule has 1 rings (SSSR count). The number of rotatable bonds is 5. The van der Waals surface area contributed by atoms with Gasteiger partial charge in [-0.05, 0) is 24.6 Å². The quantitative estimate of drug-likeness (QED) is 0.822. The van der Waals surface area contributed by atoms with Gasteiger partial charge >= 0.3 is 0 Å². The summed E-state index contributed by atoms with van der Waals surface area (Å²) in [5.41, 5.74) is 0.435. The summed E-state index contributed by atoms with van der Waals surface area (Å²) in [7, 11) is -1.16. The van der Waals surface area contributed by atoms with Crippen LogP contribution in [0.5, 0.6) is 0 Å². The minimum atomic E-state index is -1.16. The van der Waals surface area contributed by atoms with E-state index >= 15 is 0 Å². The number of anilines is 1. The molecule has 0 aliphatic heterocycles. The first-order valence-corrected chi connectivity index (χ1v) is 8.56. The molecular formula is C14H23F2NOS. The second-order valence-corrected chi connectivity index (χ2v) is 9.68. The highest BCUT2D eigenvalue weighted by molar-refractivity contribution is 8.29. The van der Waals surface area contributed by atoms with Crippen LogP contribution in [0.15, 0.2) is 18.2 Å². The fourth-order valence-electron chi connectivity index (χ4n) is 1.28. The van der Waals surface area contributed by atoms with E-state index in [1.54, 1.807) is 0 Å². The Hall–Kier alpha value is -0.810. The third kappa shape index (κ3) is 4.99. The zero-order valence-corrected chi connectivity index (χ0v) is 13.0. The fourth-order valence-corrected chi connectivity index (χ4v) is 2.13. The molecule has 0 bridgehead atoms. The van der Waals surface area contributed by atoms with Crippen LogP contribution in [0.25, 0.3) is 0 Å². The monoisotopic (exact) mass is 291 g/mol. The first kappa shape index (κ1) is 16.2. The zero-order chi connectivity index (χ0) is 14.7. The normalized spacial score (nSPS) is 13.4. The zero-order valence-electron chi connectivity index (χ0n) is 12.2. The highest BCUT2D eigenvalue weighted by atomic mass is 32.3. The summed E-state index contributed by atoms with van der Waals surface area (Å²) in [6.45, 7) is 7.49. The van der Waals surface area contributed by atoms with E-state index in [-0.39, 0.29) is 4.75 Å². The molecular weight excluding hydrogens is 268 g/mol. The molecule has 19 heavy (non-hydrogen) atoms. The van der Waals surface area contributed by atoms with Crippen molar-refractivity contribution in [1.82, 2.24) is 0 Å². The van der Waals surface area contributed by atoms with E-state index in [2.05, 4.69) is 38.6 Å². The molecule has 1 N–H and O–H groups in total. The van der Waals surface area contributed by atoms with E-state index in [1.807, 2.05) is 0 Å². The van der Waals surface area contributed by atoms with Crippen molar-refractivity contribution in [2.75, 3.05) is 31.0 Å². The summed E-state index contributed by atoms with van der Waals surface area (Å²) in [4.78, 5) is 0. The average Bonchev–Trinajstić information content (AvgIpc) is 2.21. The van der Waals surface area contributed by atoms with Gasteiger partial charge in [-0.25, -0.2) is 8.78 Å². The van der Waals surface area contributed by atoms with Crippen LogP contribution in [0, 0.1) is 11.6 Å². The molecule has 0 aliphatic carbocycles. The smallest absolute Gasteiger partial charge is 0.128 e. The van der Waals surface area contributed by atoms with Crippen molar-refractivity contribution in [3.8, 4) is 0 Å². The second kappa shape index (κ2) is 6.09. The molecule has 0 fully saturated rings. The summed E-state index contributed by atoms with van der Waals surface area (Å²) >= 11 is 0. The lowest BCUT2D eigenvalue weighted by atomic mass is 10.3. The molecule has 110 valence electrons. The van der Waals surface area contributed by atoms with Crippen LogP contribution in [0.3, 0.4) is 0 Å². The topological polar surface area (TPSA) is 21.3 Å². The number of hydrogen-bond acceptors (Lipinski definition) is 2. The molecule has 0 spiro atoms. The van der Waals surface area contributed by atoms with Gasteiger partial charge in [-0.1, -0.05) is 20.8 Å². The van der Waals surface area contributed by atoms with E-state index in [9.17, 15) is 8.78 Å². The van der Waals surface area contributed by atoms with Gasteiger partial charge in [0.2, 0.25) is 0 Å². The van der Waals surface area contributed by atoms with Crippen molar-refractivity contribution in [1.29, 1.82) is 0 Å². The van der Waals surface area contributed by atoms with E-state index in [0.29, 0.717) is 18.8 Å². The van der Waals surface area contributed by atoms with Crippen molar-refractivity contribution in [3.63, 3.8) is 0 Å².